The summed E-state index contributed by atoms with van der Waals surface area (Å²) in [6.45, 7) is 4.23. The second kappa shape index (κ2) is 7.64. The van der Waals surface area contributed by atoms with E-state index in [0.717, 1.165) is 40.9 Å². The van der Waals surface area contributed by atoms with Crippen LogP contribution in [0.2, 0.25) is 0 Å². The molecule has 0 aromatic heterocycles. The quantitative estimate of drug-likeness (QED) is 0.726. The number of halogens is 1. The molecule has 5 heteroatoms. The third-order valence-corrected chi connectivity index (χ3v) is 5.97. The molecule has 4 nitrogen and oxygen atoms in total. The average molecular weight is 430 g/mol. The number of anilines is 1. The number of ether oxygens (including phenoxy) is 1. The lowest BCUT2D eigenvalue weighted by molar-refractivity contribution is -0.534. The average Bonchev–Trinajstić information content (AvgIpc) is 2.80. The van der Waals surface area contributed by atoms with E-state index in [4.69, 9.17) is 4.74 Å². The largest absolute Gasteiger partial charge is 0.494 e. The molecule has 0 bridgehead atoms. The highest BCUT2D eigenvalue weighted by Crippen LogP contribution is 2.38. The minimum atomic E-state index is -1.07. The third-order valence-electron chi connectivity index (χ3n) is 5.45. The Hall–Kier alpha value is -1.85. The summed E-state index contributed by atoms with van der Waals surface area (Å²) in [4.78, 5) is 2.14. The van der Waals surface area contributed by atoms with Crippen molar-refractivity contribution in [1.82, 2.24) is 0 Å². The van der Waals surface area contributed by atoms with Gasteiger partial charge in [-0.2, -0.15) is 4.90 Å². The fourth-order valence-electron chi connectivity index (χ4n) is 4.18. The van der Waals surface area contributed by atoms with Crippen LogP contribution >= 0.6 is 15.9 Å². The van der Waals surface area contributed by atoms with Crippen molar-refractivity contribution in [3.63, 3.8) is 0 Å². The summed E-state index contributed by atoms with van der Waals surface area (Å²) >= 11 is 3.50. The lowest BCUT2D eigenvalue weighted by atomic mass is 10.00. The molecule has 2 aliphatic rings. The van der Waals surface area contributed by atoms with Gasteiger partial charge in [-0.3, -0.25) is 4.58 Å². The monoisotopic (exact) mass is 429 g/mol. The summed E-state index contributed by atoms with van der Waals surface area (Å²) in [7, 11) is 0. The van der Waals surface area contributed by atoms with Gasteiger partial charge in [-0.1, -0.05) is 28.1 Å². The molecule has 0 unspecified atom stereocenters. The van der Waals surface area contributed by atoms with E-state index in [1.54, 1.807) is 0 Å². The topological polar surface area (TPSA) is 35.7 Å². The molecule has 0 saturated heterocycles. The predicted octanol–water partition coefficient (Wildman–Crippen LogP) is 4.50. The van der Waals surface area contributed by atoms with E-state index in [1.165, 1.54) is 18.7 Å². The van der Waals surface area contributed by atoms with Gasteiger partial charge in [0.25, 0.3) is 11.6 Å². The van der Waals surface area contributed by atoms with Gasteiger partial charge in [0.05, 0.1) is 13.2 Å². The number of nitrogens with zero attached hydrogens (tertiary/aromatic N) is 2. The Morgan fingerprint density at radius 2 is 1.81 bits per heavy atom. The van der Waals surface area contributed by atoms with Crippen LogP contribution in [-0.2, 0) is 5.72 Å². The van der Waals surface area contributed by atoms with Crippen molar-refractivity contribution in [2.24, 2.45) is 0 Å². The summed E-state index contributed by atoms with van der Waals surface area (Å²) in [6.07, 6.45) is 4.58. The first kappa shape index (κ1) is 18.5. The molecule has 0 amide bonds. The molecule has 0 spiro atoms. The molecule has 0 radical (unpaired) electrons. The Bertz CT molecular complexity index is 832. The van der Waals surface area contributed by atoms with Crippen LogP contribution in [0.25, 0.3) is 0 Å². The van der Waals surface area contributed by atoms with E-state index in [9.17, 15) is 5.11 Å². The molecule has 142 valence electrons. The van der Waals surface area contributed by atoms with Gasteiger partial charge in [0.2, 0.25) is 0 Å². The van der Waals surface area contributed by atoms with E-state index in [2.05, 4.69) is 37.5 Å². The van der Waals surface area contributed by atoms with E-state index in [0.29, 0.717) is 13.2 Å². The summed E-state index contributed by atoms with van der Waals surface area (Å²) in [6, 6.07) is 16.1. The molecule has 27 heavy (non-hydrogen) atoms. The van der Waals surface area contributed by atoms with Gasteiger partial charge >= 0.3 is 0 Å². The number of hydrogen-bond donors (Lipinski definition) is 1. The molecule has 1 N–H and O–H groups in total. The van der Waals surface area contributed by atoms with Gasteiger partial charge in [-0.15, -0.1) is 0 Å². The highest BCUT2D eigenvalue weighted by molar-refractivity contribution is 9.10. The Kier molecular flexibility index (Phi) is 5.24. The summed E-state index contributed by atoms with van der Waals surface area (Å²) in [5.74, 6) is 2.08. The van der Waals surface area contributed by atoms with E-state index in [-0.39, 0.29) is 0 Å². The second-order valence-electron chi connectivity index (χ2n) is 7.23. The zero-order valence-electron chi connectivity index (χ0n) is 15.7. The first-order chi connectivity index (χ1) is 13.1. The molecule has 1 atom stereocenters. The number of aliphatic hydroxyl groups is 1. The maximum Gasteiger partial charge on any atom is 0.275 e. The normalized spacial score (nSPS) is 22.6. The second-order valence-corrected chi connectivity index (χ2v) is 8.15. The lowest BCUT2D eigenvalue weighted by Crippen LogP contribution is -2.47. The molecule has 2 heterocycles. The molecule has 0 fully saturated rings. The van der Waals surface area contributed by atoms with Gasteiger partial charge in [0.1, 0.15) is 11.4 Å². The summed E-state index contributed by atoms with van der Waals surface area (Å²) in [5.41, 5.74) is 0.851. The number of benzene rings is 2. The van der Waals surface area contributed by atoms with Gasteiger partial charge in [-0.05, 0) is 62.6 Å². The van der Waals surface area contributed by atoms with Crippen LogP contribution in [0.5, 0.6) is 5.75 Å². The van der Waals surface area contributed by atoms with E-state index >= 15 is 0 Å². The first-order valence-corrected chi connectivity index (χ1v) is 10.5. The Labute approximate surface area is 169 Å². The molecular formula is C22H26BrN2O2+. The third kappa shape index (κ3) is 3.50. The zero-order chi connectivity index (χ0) is 18.9. The predicted molar refractivity (Wildman–Crippen MR) is 112 cm³/mol. The van der Waals surface area contributed by atoms with E-state index < -0.39 is 5.72 Å². The van der Waals surface area contributed by atoms with Crippen LogP contribution in [0.3, 0.4) is 0 Å². The number of hydrogen-bond acceptors (Lipinski definition) is 3. The lowest BCUT2D eigenvalue weighted by Gasteiger charge is -2.29. The van der Waals surface area contributed by atoms with Crippen molar-refractivity contribution in [3.8, 4) is 5.75 Å². The summed E-state index contributed by atoms with van der Waals surface area (Å²) < 4.78 is 8.98. The van der Waals surface area contributed by atoms with E-state index in [1.807, 2.05) is 43.3 Å². The molecule has 4 rings (SSSR count). The first-order valence-electron chi connectivity index (χ1n) is 9.74. The van der Waals surface area contributed by atoms with Gasteiger partial charge in [0, 0.05) is 16.5 Å². The molecule has 2 aromatic carbocycles. The van der Waals surface area contributed by atoms with Gasteiger partial charge in [-0.25, -0.2) is 0 Å². The van der Waals surface area contributed by atoms with Crippen molar-refractivity contribution < 1.29 is 14.4 Å². The Morgan fingerprint density at radius 3 is 2.52 bits per heavy atom. The maximum absolute atomic E-state index is 11.9. The van der Waals surface area contributed by atoms with Crippen molar-refractivity contribution in [1.29, 1.82) is 0 Å². The van der Waals surface area contributed by atoms with Crippen molar-refractivity contribution in [2.75, 3.05) is 24.6 Å². The minimum absolute atomic E-state index is 0.594. The van der Waals surface area contributed by atoms with Crippen LogP contribution in [0.4, 0.5) is 5.69 Å². The van der Waals surface area contributed by atoms with Crippen molar-refractivity contribution in [3.05, 3.63) is 58.6 Å². The molecule has 0 saturated carbocycles. The summed E-state index contributed by atoms with van der Waals surface area (Å²) in [5, 5.41) is 11.9. The molecule has 0 aliphatic carbocycles. The standard InChI is InChI=1S/C22H26BrN2O2/c1-2-27-20-13-11-19(12-14-20)25-21-6-4-3-5-15-24(21)16-22(25,26)17-7-9-18(23)10-8-17/h7-14,26H,2-6,15-16H2,1H3/q+1/t22-/m1/s1. The van der Waals surface area contributed by atoms with Crippen LogP contribution in [0.15, 0.2) is 53.0 Å². The Balaban J connectivity index is 1.77. The van der Waals surface area contributed by atoms with Gasteiger partial charge in [0.15, 0.2) is 6.54 Å². The van der Waals surface area contributed by atoms with Crippen LogP contribution < -0.4 is 9.64 Å². The molecule has 2 aliphatic heterocycles. The number of rotatable bonds is 4. The van der Waals surface area contributed by atoms with Crippen molar-refractivity contribution >= 4 is 27.5 Å². The van der Waals surface area contributed by atoms with Crippen LogP contribution in [0.1, 0.15) is 38.2 Å². The number of amidine groups is 1. The highest BCUT2D eigenvalue weighted by Gasteiger charge is 2.53. The fourth-order valence-corrected chi connectivity index (χ4v) is 4.45. The molecular weight excluding hydrogens is 404 g/mol. The van der Waals surface area contributed by atoms with Crippen LogP contribution in [-0.4, -0.2) is 35.2 Å². The Morgan fingerprint density at radius 1 is 1.07 bits per heavy atom. The fraction of sp³-hybridized carbons (Fsp3) is 0.409. The SMILES string of the molecule is CCOc1ccc(N2C3=[N+](CCCCC3)C[C@@]2(O)c2ccc(Br)cc2)cc1. The zero-order valence-corrected chi connectivity index (χ0v) is 17.3. The van der Waals surface area contributed by atoms with Crippen molar-refractivity contribution in [2.45, 2.75) is 38.3 Å². The minimum Gasteiger partial charge on any atom is -0.494 e. The highest BCUT2D eigenvalue weighted by atomic mass is 79.9. The molecule has 2 aromatic rings. The van der Waals surface area contributed by atoms with Crippen LogP contribution in [0, 0.1) is 0 Å². The smallest absolute Gasteiger partial charge is 0.275 e. The maximum atomic E-state index is 11.9. The van der Waals surface area contributed by atoms with Gasteiger partial charge < -0.3 is 9.84 Å².